The molecule has 9 nitrogen and oxygen atoms in total. The van der Waals surface area contributed by atoms with Crippen LogP contribution in [0.25, 0.3) is 0 Å². The lowest BCUT2D eigenvalue weighted by Gasteiger charge is -2.26. The second kappa shape index (κ2) is 10.8. The molecule has 2 aromatic carbocycles. The van der Waals surface area contributed by atoms with Crippen molar-refractivity contribution in [3.8, 4) is 5.75 Å². The predicted octanol–water partition coefficient (Wildman–Crippen LogP) is 3.05. The molecule has 1 heterocycles. The van der Waals surface area contributed by atoms with E-state index in [1.165, 1.54) is 36.1 Å². The first-order chi connectivity index (χ1) is 16.2. The number of carbonyl (C=O) groups is 3. The number of rotatable bonds is 10. The number of aromatic nitrogens is 1. The van der Waals surface area contributed by atoms with Gasteiger partial charge < -0.3 is 25.8 Å². The molecular weight excluding hydrogens is 463 g/mol. The average Bonchev–Trinajstić information content (AvgIpc) is 3.18. The molecule has 0 spiro atoms. The lowest BCUT2D eigenvalue weighted by Crippen LogP contribution is -2.39. The van der Waals surface area contributed by atoms with Gasteiger partial charge in [0, 0.05) is 18.2 Å². The van der Waals surface area contributed by atoms with E-state index >= 15 is 0 Å². The van der Waals surface area contributed by atoms with Crippen molar-refractivity contribution in [2.75, 3.05) is 23.8 Å². The molecule has 0 aliphatic carbocycles. The number of nitrogen functional groups attached to an aromatic ring is 1. The van der Waals surface area contributed by atoms with Gasteiger partial charge in [0.2, 0.25) is 11.7 Å². The third kappa shape index (κ3) is 5.87. The van der Waals surface area contributed by atoms with Crippen LogP contribution in [0.15, 0.2) is 48.5 Å². The Morgan fingerprint density at radius 2 is 1.74 bits per heavy atom. The minimum atomic E-state index is -0.831. The van der Waals surface area contributed by atoms with Gasteiger partial charge in [0.05, 0.1) is 0 Å². The second-order valence-electron chi connectivity index (χ2n) is 7.18. The van der Waals surface area contributed by atoms with Crippen LogP contribution in [-0.2, 0) is 14.3 Å². The fourth-order valence-corrected chi connectivity index (χ4v) is 4.04. The summed E-state index contributed by atoms with van der Waals surface area (Å²) in [5.41, 5.74) is 12.4. The number of anilines is 3. The highest BCUT2D eigenvalue weighted by Gasteiger charge is 2.27. The average molecular weight is 487 g/mol. The Morgan fingerprint density at radius 1 is 1.09 bits per heavy atom. The first-order valence-corrected chi connectivity index (χ1v) is 11.0. The van der Waals surface area contributed by atoms with E-state index in [1.807, 2.05) is 0 Å². The van der Waals surface area contributed by atoms with Crippen molar-refractivity contribution in [3.63, 3.8) is 0 Å². The van der Waals surface area contributed by atoms with Gasteiger partial charge in [-0.3, -0.25) is 14.4 Å². The minimum Gasteiger partial charge on any atom is -0.490 e. The van der Waals surface area contributed by atoms with Gasteiger partial charge in [-0.1, -0.05) is 11.3 Å². The van der Waals surface area contributed by atoms with Crippen LogP contribution in [0.5, 0.6) is 5.75 Å². The summed E-state index contributed by atoms with van der Waals surface area (Å²) in [5, 5.41) is 0.268. The number of benzene rings is 2. The Balaban J connectivity index is 1.82. The first-order valence-electron chi connectivity index (χ1n) is 10.2. The molecule has 0 saturated carbocycles. The summed E-state index contributed by atoms with van der Waals surface area (Å²) in [6.45, 7) is 3.18. The molecule has 1 atom stereocenters. The van der Waals surface area contributed by atoms with Crippen molar-refractivity contribution >= 4 is 45.6 Å². The maximum Gasteiger partial charge on any atom is 0.302 e. The molecule has 0 fully saturated rings. The monoisotopic (exact) mass is 486 g/mol. The summed E-state index contributed by atoms with van der Waals surface area (Å²) in [4.78, 5) is 41.7. The zero-order valence-corrected chi connectivity index (χ0v) is 19.3. The number of ether oxygens (including phenoxy) is 2. The van der Waals surface area contributed by atoms with Crippen molar-refractivity contribution in [1.82, 2.24) is 4.98 Å². The quantitative estimate of drug-likeness (QED) is 0.253. The van der Waals surface area contributed by atoms with Gasteiger partial charge in [-0.15, -0.1) is 0 Å². The maximum atomic E-state index is 13.4. The SMILES string of the molecule is CC(=O)OCCOc1ccc(C(=O)c2sc(N(c3ccc(F)cc3)[C@H](C)C(N)=O)nc2N)cc1. The Kier molecular flexibility index (Phi) is 7.79. The number of amides is 1. The first kappa shape index (κ1) is 24.6. The normalized spacial score (nSPS) is 11.5. The number of nitrogens with zero attached hydrogens (tertiary/aromatic N) is 2. The number of ketones is 1. The van der Waals surface area contributed by atoms with E-state index in [4.69, 9.17) is 20.9 Å². The molecule has 178 valence electrons. The molecule has 0 aliphatic rings. The highest BCUT2D eigenvalue weighted by molar-refractivity contribution is 7.18. The number of thiazole rings is 1. The number of nitrogens with two attached hydrogens (primary N) is 2. The smallest absolute Gasteiger partial charge is 0.302 e. The third-order valence-corrected chi connectivity index (χ3v) is 5.80. The number of hydrogen-bond donors (Lipinski definition) is 2. The van der Waals surface area contributed by atoms with Crippen LogP contribution in [0.1, 0.15) is 29.1 Å². The van der Waals surface area contributed by atoms with Crippen molar-refractivity contribution in [3.05, 3.63) is 64.8 Å². The van der Waals surface area contributed by atoms with E-state index in [2.05, 4.69) is 4.98 Å². The van der Waals surface area contributed by atoms with Gasteiger partial charge in [0.1, 0.15) is 41.5 Å². The van der Waals surface area contributed by atoms with Gasteiger partial charge in [0.15, 0.2) is 5.13 Å². The van der Waals surface area contributed by atoms with E-state index in [9.17, 15) is 18.8 Å². The molecule has 11 heteroatoms. The highest BCUT2D eigenvalue weighted by atomic mass is 32.1. The largest absolute Gasteiger partial charge is 0.490 e. The van der Waals surface area contributed by atoms with Crippen molar-refractivity contribution in [2.45, 2.75) is 19.9 Å². The van der Waals surface area contributed by atoms with Gasteiger partial charge in [-0.2, -0.15) is 0 Å². The van der Waals surface area contributed by atoms with Crippen molar-refractivity contribution < 1.29 is 28.2 Å². The van der Waals surface area contributed by atoms with Crippen molar-refractivity contribution in [2.24, 2.45) is 5.73 Å². The second-order valence-corrected chi connectivity index (χ2v) is 8.16. The zero-order valence-electron chi connectivity index (χ0n) is 18.5. The molecule has 0 aliphatic heterocycles. The molecule has 34 heavy (non-hydrogen) atoms. The highest BCUT2D eigenvalue weighted by Crippen LogP contribution is 2.36. The van der Waals surface area contributed by atoms with Crippen LogP contribution >= 0.6 is 11.3 Å². The topological polar surface area (TPSA) is 138 Å². The molecule has 1 aromatic heterocycles. The van der Waals surface area contributed by atoms with E-state index in [-0.39, 0.29) is 34.8 Å². The van der Waals surface area contributed by atoms with Crippen LogP contribution in [0.4, 0.5) is 21.0 Å². The van der Waals surface area contributed by atoms with E-state index in [1.54, 1.807) is 31.2 Å². The zero-order chi connectivity index (χ0) is 24.8. The third-order valence-electron chi connectivity index (χ3n) is 4.73. The molecule has 0 bridgehead atoms. The fraction of sp³-hybridized carbons (Fsp3) is 0.217. The van der Waals surface area contributed by atoms with Gasteiger partial charge in [-0.25, -0.2) is 9.37 Å². The molecule has 4 N–H and O–H groups in total. The van der Waals surface area contributed by atoms with Gasteiger partial charge >= 0.3 is 5.97 Å². The number of halogens is 1. The number of hydrogen-bond acceptors (Lipinski definition) is 9. The van der Waals surface area contributed by atoms with Crippen LogP contribution in [0.2, 0.25) is 0 Å². The van der Waals surface area contributed by atoms with Gasteiger partial charge in [-0.05, 0) is 55.5 Å². The van der Waals surface area contributed by atoms with E-state index in [0.717, 1.165) is 11.3 Å². The molecular formula is C23H23FN4O5S. The molecule has 3 aromatic rings. The molecule has 3 rings (SSSR count). The minimum absolute atomic E-state index is 0.00418. The lowest BCUT2D eigenvalue weighted by atomic mass is 10.1. The summed E-state index contributed by atoms with van der Waals surface area (Å²) < 4.78 is 23.7. The Labute approximate surface area is 199 Å². The maximum absolute atomic E-state index is 13.4. The lowest BCUT2D eigenvalue weighted by molar-refractivity contribution is -0.141. The standard InChI is InChI=1S/C23H23FN4O5S/c1-13(22(26)31)28(17-7-5-16(24)6-8-17)23-27-21(25)20(34-23)19(30)15-3-9-18(10-4-15)33-12-11-32-14(2)29/h3-10,13H,11-12,25H2,1-2H3,(H2,26,31)/t13-/m1/s1. The van der Waals surface area contributed by atoms with Gasteiger partial charge in [0.25, 0.3) is 0 Å². The summed E-state index contributed by atoms with van der Waals surface area (Å²) in [6, 6.07) is 11.0. The molecule has 1 amide bonds. The van der Waals surface area contributed by atoms with E-state index in [0.29, 0.717) is 17.0 Å². The Morgan fingerprint density at radius 3 is 2.32 bits per heavy atom. The van der Waals surface area contributed by atoms with Crippen molar-refractivity contribution in [1.29, 1.82) is 0 Å². The fourth-order valence-electron chi connectivity index (χ4n) is 2.99. The molecule has 0 radical (unpaired) electrons. The number of esters is 1. The van der Waals surface area contributed by atoms with Crippen LogP contribution in [0.3, 0.4) is 0 Å². The predicted molar refractivity (Wildman–Crippen MR) is 126 cm³/mol. The summed E-state index contributed by atoms with van der Waals surface area (Å²) in [5.74, 6) is -1.33. The van der Waals surface area contributed by atoms with Crippen LogP contribution in [-0.4, -0.2) is 41.9 Å². The molecule has 0 saturated heterocycles. The number of carbonyl (C=O) groups excluding carboxylic acids is 3. The summed E-state index contributed by atoms with van der Waals surface area (Å²) in [7, 11) is 0. The summed E-state index contributed by atoms with van der Waals surface area (Å²) in [6.07, 6.45) is 0. The Bertz CT molecular complexity index is 1180. The Hall–Kier alpha value is -3.99. The number of primary amides is 1. The van der Waals surface area contributed by atoms with Crippen LogP contribution < -0.4 is 21.1 Å². The summed E-state index contributed by atoms with van der Waals surface area (Å²) >= 11 is 0.998. The van der Waals surface area contributed by atoms with E-state index < -0.39 is 23.7 Å². The van der Waals surface area contributed by atoms with Crippen LogP contribution in [0, 0.1) is 5.82 Å². The molecule has 0 unspecified atom stereocenters.